The number of aromatic hydroxyl groups is 2. The Morgan fingerprint density at radius 1 is 1.32 bits per heavy atom. The number of ketones is 1. The van der Waals surface area contributed by atoms with Crippen LogP contribution in [0.1, 0.15) is 24.0 Å². The number of phenols is 2. The van der Waals surface area contributed by atoms with E-state index < -0.39 is 11.0 Å². The second-order valence-electron chi connectivity index (χ2n) is 6.80. The number of fused-ring (bicyclic) bond motifs is 1. The highest BCUT2D eigenvalue weighted by atomic mass is 16.3. The SMILES string of the molecule is CN1CC[C@]23CC(=O)C=CC2(O)[C@H]1Cc1ccc(O)c(O)c13. The fourth-order valence-corrected chi connectivity index (χ4v) is 4.71. The van der Waals surface area contributed by atoms with Crippen molar-refractivity contribution in [3.8, 4) is 11.5 Å². The molecule has 116 valence electrons. The van der Waals surface area contributed by atoms with Crippen LogP contribution in [0.25, 0.3) is 0 Å². The van der Waals surface area contributed by atoms with Crippen molar-refractivity contribution >= 4 is 5.78 Å². The Hall–Kier alpha value is -1.85. The van der Waals surface area contributed by atoms with E-state index in [1.165, 1.54) is 12.1 Å². The zero-order valence-electron chi connectivity index (χ0n) is 12.4. The van der Waals surface area contributed by atoms with Crippen molar-refractivity contribution in [1.29, 1.82) is 0 Å². The Morgan fingerprint density at radius 2 is 2.09 bits per heavy atom. The monoisotopic (exact) mass is 301 g/mol. The summed E-state index contributed by atoms with van der Waals surface area (Å²) in [6.07, 6.45) is 4.36. The number of nitrogens with zero attached hydrogens (tertiary/aromatic N) is 1. The fraction of sp³-hybridized carbons (Fsp3) is 0.471. The van der Waals surface area contributed by atoms with Gasteiger partial charge in [0.2, 0.25) is 0 Å². The Bertz CT molecular complexity index is 713. The zero-order chi connectivity index (χ0) is 15.7. The van der Waals surface area contributed by atoms with Gasteiger partial charge < -0.3 is 15.3 Å². The minimum Gasteiger partial charge on any atom is -0.504 e. The molecule has 3 atom stereocenters. The first-order valence-corrected chi connectivity index (χ1v) is 7.58. The van der Waals surface area contributed by atoms with Crippen LogP contribution in [0.4, 0.5) is 0 Å². The summed E-state index contributed by atoms with van der Waals surface area (Å²) in [5.74, 6) is -0.444. The summed E-state index contributed by atoms with van der Waals surface area (Å²) in [5.41, 5.74) is -0.602. The highest BCUT2D eigenvalue weighted by Crippen LogP contribution is 2.58. The van der Waals surface area contributed by atoms with E-state index in [9.17, 15) is 20.1 Å². The van der Waals surface area contributed by atoms with Gasteiger partial charge in [0.25, 0.3) is 0 Å². The highest BCUT2D eigenvalue weighted by Gasteiger charge is 2.63. The van der Waals surface area contributed by atoms with Gasteiger partial charge in [-0.25, -0.2) is 0 Å². The first-order chi connectivity index (χ1) is 10.4. The van der Waals surface area contributed by atoms with Crippen LogP contribution in [-0.4, -0.2) is 51.2 Å². The smallest absolute Gasteiger partial charge is 0.161 e. The summed E-state index contributed by atoms with van der Waals surface area (Å²) < 4.78 is 0. The largest absolute Gasteiger partial charge is 0.504 e. The van der Waals surface area contributed by atoms with Gasteiger partial charge in [0.05, 0.1) is 0 Å². The molecule has 0 saturated carbocycles. The fourth-order valence-electron chi connectivity index (χ4n) is 4.71. The molecule has 4 rings (SSSR count). The lowest BCUT2D eigenvalue weighted by Crippen LogP contribution is -2.71. The number of benzene rings is 1. The number of carbonyl (C=O) groups is 1. The Labute approximate surface area is 128 Å². The quantitative estimate of drug-likeness (QED) is 0.619. The van der Waals surface area contributed by atoms with Crippen LogP contribution in [0.3, 0.4) is 0 Å². The molecule has 0 amide bonds. The second kappa shape index (κ2) is 4.12. The maximum Gasteiger partial charge on any atom is 0.161 e. The number of piperidine rings is 1. The molecule has 1 aliphatic heterocycles. The molecule has 0 aromatic heterocycles. The molecule has 1 saturated heterocycles. The van der Waals surface area contributed by atoms with E-state index in [2.05, 4.69) is 4.90 Å². The predicted octanol–water partition coefficient (Wildman–Crippen LogP) is 0.856. The molecule has 1 fully saturated rings. The van der Waals surface area contributed by atoms with Gasteiger partial charge in [0.1, 0.15) is 5.60 Å². The Kier molecular flexibility index (Phi) is 2.58. The van der Waals surface area contributed by atoms with Gasteiger partial charge in [-0.15, -0.1) is 0 Å². The number of hydrogen-bond acceptors (Lipinski definition) is 5. The standard InChI is InChI=1S/C17H19NO4/c1-18-7-6-16-9-11(19)4-5-17(16,22)13(18)8-10-2-3-12(20)15(21)14(10)16/h2-5,13,20-22H,6-9H2,1H3/t13-,16-,17?/m1/s1. The van der Waals surface area contributed by atoms with E-state index in [0.717, 1.165) is 12.1 Å². The number of hydrogen-bond donors (Lipinski definition) is 3. The van der Waals surface area contributed by atoms with Crippen LogP contribution in [0.2, 0.25) is 0 Å². The average molecular weight is 301 g/mol. The number of phenolic OH excluding ortho intramolecular Hbond substituents is 2. The number of likely N-dealkylation sites (tertiary alicyclic amines) is 1. The number of allylic oxidation sites excluding steroid dienone is 1. The van der Waals surface area contributed by atoms with Crippen LogP contribution in [-0.2, 0) is 16.6 Å². The van der Waals surface area contributed by atoms with Crippen molar-refractivity contribution in [2.45, 2.75) is 36.3 Å². The molecule has 5 nitrogen and oxygen atoms in total. The van der Waals surface area contributed by atoms with Gasteiger partial charge in [0.15, 0.2) is 17.3 Å². The van der Waals surface area contributed by atoms with Crippen LogP contribution in [0.15, 0.2) is 24.3 Å². The third kappa shape index (κ3) is 1.43. The van der Waals surface area contributed by atoms with Crippen molar-refractivity contribution in [1.82, 2.24) is 4.90 Å². The molecule has 3 N–H and O–H groups in total. The van der Waals surface area contributed by atoms with Gasteiger partial charge >= 0.3 is 0 Å². The second-order valence-corrected chi connectivity index (χ2v) is 6.80. The molecule has 22 heavy (non-hydrogen) atoms. The lowest BCUT2D eigenvalue weighted by molar-refractivity contribution is -0.135. The summed E-state index contributed by atoms with van der Waals surface area (Å²) in [4.78, 5) is 14.2. The molecule has 1 unspecified atom stereocenters. The number of likely N-dealkylation sites (N-methyl/N-ethyl adjacent to an activating group) is 1. The molecule has 0 spiro atoms. The summed E-state index contributed by atoms with van der Waals surface area (Å²) in [6, 6.07) is 3.13. The van der Waals surface area contributed by atoms with Crippen LogP contribution >= 0.6 is 0 Å². The topological polar surface area (TPSA) is 81.0 Å². The van der Waals surface area contributed by atoms with Crippen LogP contribution in [0.5, 0.6) is 11.5 Å². The van der Waals surface area contributed by atoms with Gasteiger partial charge in [-0.05, 0) is 50.2 Å². The van der Waals surface area contributed by atoms with Crippen LogP contribution < -0.4 is 0 Å². The molecule has 2 bridgehead atoms. The summed E-state index contributed by atoms with van der Waals surface area (Å²) in [7, 11) is 1.97. The molecule has 1 heterocycles. The van der Waals surface area contributed by atoms with Crippen molar-refractivity contribution < 1.29 is 20.1 Å². The summed E-state index contributed by atoms with van der Waals surface area (Å²) in [6.45, 7) is 0.739. The minimum atomic E-state index is -1.20. The minimum absolute atomic E-state index is 0.0522. The molecular formula is C17H19NO4. The van der Waals surface area contributed by atoms with Gasteiger partial charge in [-0.1, -0.05) is 6.07 Å². The first kappa shape index (κ1) is 13.8. The average Bonchev–Trinajstić information content (AvgIpc) is 2.47. The number of rotatable bonds is 0. The molecule has 0 radical (unpaired) electrons. The molecular weight excluding hydrogens is 282 g/mol. The van der Waals surface area contributed by atoms with E-state index in [1.807, 2.05) is 7.05 Å². The van der Waals surface area contributed by atoms with E-state index in [4.69, 9.17) is 0 Å². The van der Waals surface area contributed by atoms with Crippen molar-refractivity contribution in [2.24, 2.45) is 0 Å². The predicted molar refractivity (Wildman–Crippen MR) is 79.9 cm³/mol. The van der Waals surface area contributed by atoms with Gasteiger partial charge in [-0.3, -0.25) is 9.69 Å². The molecule has 2 aliphatic carbocycles. The lowest BCUT2D eigenvalue weighted by atomic mass is 9.51. The zero-order valence-corrected chi connectivity index (χ0v) is 12.4. The number of aliphatic hydroxyl groups is 1. The first-order valence-electron chi connectivity index (χ1n) is 7.58. The van der Waals surface area contributed by atoms with E-state index >= 15 is 0 Å². The molecule has 1 aromatic carbocycles. The van der Waals surface area contributed by atoms with Gasteiger partial charge in [-0.2, -0.15) is 0 Å². The maximum absolute atomic E-state index is 12.1. The van der Waals surface area contributed by atoms with E-state index in [0.29, 0.717) is 18.4 Å². The number of carbonyl (C=O) groups excluding carboxylic acids is 1. The van der Waals surface area contributed by atoms with E-state index in [1.54, 1.807) is 12.1 Å². The van der Waals surface area contributed by atoms with Crippen molar-refractivity contribution in [3.63, 3.8) is 0 Å². The third-order valence-corrected chi connectivity index (χ3v) is 5.83. The van der Waals surface area contributed by atoms with Crippen LogP contribution in [0, 0.1) is 0 Å². The third-order valence-electron chi connectivity index (χ3n) is 5.83. The lowest BCUT2D eigenvalue weighted by Gasteiger charge is -2.61. The van der Waals surface area contributed by atoms with E-state index in [-0.39, 0.29) is 29.7 Å². The maximum atomic E-state index is 12.1. The van der Waals surface area contributed by atoms with Gasteiger partial charge in [0, 0.05) is 23.4 Å². The Morgan fingerprint density at radius 3 is 2.86 bits per heavy atom. The van der Waals surface area contributed by atoms with Crippen molar-refractivity contribution in [2.75, 3.05) is 13.6 Å². The summed E-state index contributed by atoms with van der Waals surface area (Å²) in [5, 5.41) is 31.8. The molecule has 5 heteroatoms. The molecule has 3 aliphatic rings. The van der Waals surface area contributed by atoms with Crippen molar-refractivity contribution in [3.05, 3.63) is 35.4 Å². The normalized spacial score (nSPS) is 36.8. The Balaban J connectivity index is 2.06. The highest BCUT2D eigenvalue weighted by molar-refractivity contribution is 5.93. The summed E-state index contributed by atoms with van der Waals surface area (Å²) >= 11 is 0. The molecule has 1 aromatic rings.